The van der Waals surface area contributed by atoms with Crippen LogP contribution in [0.1, 0.15) is 72.1 Å². The standard InChI is InChI=1S/C14H26/c1-4-9-14(10-5-2)11-7-8-13(6-3)12-14/h6H,4-5,7-12H2,1-3H3. The predicted octanol–water partition coefficient (Wildman–Crippen LogP) is 5.09. The van der Waals surface area contributed by atoms with Gasteiger partial charge in [-0.25, -0.2) is 0 Å². The molecule has 1 rings (SSSR count). The first-order valence-corrected chi connectivity index (χ1v) is 6.40. The highest BCUT2D eigenvalue weighted by Crippen LogP contribution is 2.45. The molecule has 0 aromatic heterocycles. The Kier molecular flexibility index (Phi) is 4.71. The van der Waals surface area contributed by atoms with Crippen LogP contribution in [0.4, 0.5) is 0 Å². The lowest BCUT2D eigenvalue weighted by molar-refractivity contribution is 0.184. The van der Waals surface area contributed by atoms with Gasteiger partial charge in [0.2, 0.25) is 0 Å². The van der Waals surface area contributed by atoms with Crippen molar-refractivity contribution in [2.75, 3.05) is 0 Å². The van der Waals surface area contributed by atoms with Crippen LogP contribution in [0.15, 0.2) is 11.6 Å². The maximum absolute atomic E-state index is 2.36. The molecule has 14 heavy (non-hydrogen) atoms. The molecule has 0 amide bonds. The molecule has 0 nitrogen and oxygen atoms in total. The fourth-order valence-electron chi connectivity index (χ4n) is 3.21. The van der Waals surface area contributed by atoms with Gasteiger partial charge in [-0.3, -0.25) is 0 Å². The second kappa shape index (κ2) is 5.58. The van der Waals surface area contributed by atoms with E-state index in [1.54, 1.807) is 5.57 Å². The summed E-state index contributed by atoms with van der Waals surface area (Å²) >= 11 is 0. The summed E-state index contributed by atoms with van der Waals surface area (Å²) in [4.78, 5) is 0. The van der Waals surface area contributed by atoms with Crippen LogP contribution in [0.2, 0.25) is 0 Å². The fraction of sp³-hybridized carbons (Fsp3) is 0.857. The smallest absolute Gasteiger partial charge is 0.0260 e. The van der Waals surface area contributed by atoms with Gasteiger partial charge in [0, 0.05) is 0 Å². The van der Waals surface area contributed by atoms with Crippen molar-refractivity contribution in [2.24, 2.45) is 5.41 Å². The monoisotopic (exact) mass is 194 g/mol. The van der Waals surface area contributed by atoms with Crippen molar-refractivity contribution in [2.45, 2.75) is 72.1 Å². The van der Waals surface area contributed by atoms with Crippen molar-refractivity contribution in [3.05, 3.63) is 11.6 Å². The molecular formula is C14H26. The van der Waals surface area contributed by atoms with Crippen molar-refractivity contribution in [3.63, 3.8) is 0 Å². The van der Waals surface area contributed by atoms with Gasteiger partial charge in [-0.1, -0.05) is 38.3 Å². The van der Waals surface area contributed by atoms with Crippen molar-refractivity contribution in [3.8, 4) is 0 Å². The van der Waals surface area contributed by atoms with Gasteiger partial charge >= 0.3 is 0 Å². The summed E-state index contributed by atoms with van der Waals surface area (Å²) in [5.74, 6) is 0. The zero-order chi connectivity index (χ0) is 10.4. The second-order valence-electron chi connectivity index (χ2n) is 4.98. The summed E-state index contributed by atoms with van der Waals surface area (Å²) in [7, 11) is 0. The van der Waals surface area contributed by atoms with Gasteiger partial charge in [-0.15, -0.1) is 0 Å². The lowest BCUT2D eigenvalue weighted by atomic mass is 9.67. The Balaban J connectivity index is 2.65. The van der Waals surface area contributed by atoms with Gasteiger partial charge in [-0.2, -0.15) is 0 Å². The Morgan fingerprint density at radius 3 is 2.36 bits per heavy atom. The molecule has 1 saturated carbocycles. The van der Waals surface area contributed by atoms with E-state index in [1.807, 2.05) is 0 Å². The van der Waals surface area contributed by atoms with E-state index in [9.17, 15) is 0 Å². The van der Waals surface area contributed by atoms with E-state index in [4.69, 9.17) is 0 Å². The van der Waals surface area contributed by atoms with Gasteiger partial charge in [0.15, 0.2) is 0 Å². The summed E-state index contributed by atoms with van der Waals surface area (Å²) in [6.45, 7) is 6.88. The van der Waals surface area contributed by atoms with E-state index in [-0.39, 0.29) is 0 Å². The molecule has 0 heteroatoms. The molecular weight excluding hydrogens is 168 g/mol. The first-order valence-electron chi connectivity index (χ1n) is 6.40. The van der Waals surface area contributed by atoms with Crippen LogP contribution in [-0.4, -0.2) is 0 Å². The average Bonchev–Trinajstić information content (AvgIpc) is 2.19. The zero-order valence-electron chi connectivity index (χ0n) is 10.2. The van der Waals surface area contributed by atoms with Crippen LogP contribution in [0.5, 0.6) is 0 Å². The first kappa shape index (κ1) is 11.8. The summed E-state index contributed by atoms with van der Waals surface area (Å²) in [6, 6.07) is 0. The SMILES string of the molecule is CC=C1CCCC(CCC)(CCC)C1. The van der Waals surface area contributed by atoms with E-state index < -0.39 is 0 Å². The largest absolute Gasteiger partial charge is 0.0884 e. The fourth-order valence-corrected chi connectivity index (χ4v) is 3.21. The van der Waals surface area contributed by atoms with Crippen molar-refractivity contribution in [1.82, 2.24) is 0 Å². The molecule has 0 aliphatic heterocycles. The molecule has 0 aromatic carbocycles. The molecule has 0 heterocycles. The highest BCUT2D eigenvalue weighted by atomic mass is 14.4. The molecule has 0 unspecified atom stereocenters. The summed E-state index contributed by atoms with van der Waals surface area (Å²) in [5, 5.41) is 0. The molecule has 0 spiro atoms. The Bertz CT molecular complexity index is 177. The van der Waals surface area contributed by atoms with Crippen molar-refractivity contribution >= 4 is 0 Å². The summed E-state index contributed by atoms with van der Waals surface area (Å²) in [5.41, 5.74) is 2.40. The predicted molar refractivity (Wildman–Crippen MR) is 64.5 cm³/mol. The summed E-state index contributed by atoms with van der Waals surface area (Å²) in [6.07, 6.45) is 13.6. The molecule has 0 saturated heterocycles. The quantitative estimate of drug-likeness (QED) is 0.547. The van der Waals surface area contributed by atoms with Gasteiger partial charge < -0.3 is 0 Å². The van der Waals surface area contributed by atoms with Gasteiger partial charge in [0.1, 0.15) is 0 Å². The van der Waals surface area contributed by atoms with Crippen molar-refractivity contribution in [1.29, 1.82) is 0 Å². The molecule has 1 aliphatic rings. The highest BCUT2D eigenvalue weighted by Gasteiger charge is 2.31. The minimum Gasteiger partial charge on any atom is -0.0884 e. The van der Waals surface area contributed by atoms with Gasteiger partial charge in [0.25, 0.3) is 0 Å². The molecule has 0 aromatic rings. The van der Waals surface area contributed by atoms with Crippen LogP contribution in [0.25, 0.3) is 0 Å². The minimum absolute atomic E-state index is 0.684. The third-order valence-corrected chi connectivity index (χ3v) is 3.78. The van der Waals surface area contributed by atoms with E-state index in [1.165, 1.54) is 51.4 Å². The number of allylic oxidation sites excluding steroid dienone is 2. The van der Waals surface area contributed by atoms with Crippen LogP contribution in [-0.2, 0) is 0 Å². The molecule has 1 fully saturated rings. The second-order valence-corrected chi connectivity index (χ2v) is 4.98. The van der Waals surface area contributed by atoms with Crippen LogP contribution in [0, 0.1) is 5.41 Å². The Morgan fingerprint density at radius 1 is 1.21 bits per heavy atom. The highest BCUT2D eigenvalue weighted by molar-refractivity contribution is 5.08. The van der Waals surface area contributed by atoms with E-state index in [0.29, 0.717) is 5.41 Å². The Labute approximate surface area is 89.8 Å². The van der Waals surface area contributed by atoms with Crippen molar-refractivity contribution < 1.29 is 0 Å². The number of hydrogen-bond acceptors (Lipinski definition) is 0. The van der Waals surface area contributed by atoms with Gasteiger partial charge in [-0.05, 0) is 50.9 Å². The average molecular weight is 194 g/mol. The lowest BCUT2D eigenvalue weighted by Gasteiger charge is -2.38. The number of hydrogen-bond donors (Lipinski definition) is 0. The van der Waals surface area contributed by atoms with Crippen LogP contribution < -0.4 is 0 Å². The first-order chi connectivity index (χ1) is 6.76. The Hall–Kier alpha value is -0.260. The molecule has 0 bridgehead atoms. The molecule has 0 atom stereocenters. The van der Waals surface area contributed by atoms with E-state index in [0.717, 1.165) is 0 Å². The third kappa shape index (κ3) is 2.87. The van der Waals surface area contributed by atoms with Gasteiger partial charge in [0.05, 0.1) is 0 Å². The van der Waals surface area contributed by atoms with Crippen LogP contribution >= 0.6 is 0 Å². The zero-order valence-corrected chi connectivity index (χ0v) is 10.2. The third-order valence-electron chi connectivity index (χ3n) is 3.78. The van der Waals surface area contributed by atoms with E-state index >= 15 is 0 Å². The molecule has 1 aliphatic carbocycles. The molecule has 0 radical (unpaired) electrons. The topological polar surface area (TPSA) is 0 Å². The minimum atomic E-state index is 0.684. The van der Waals surface area contributed by atoms with Crippen LogP contribution in [0.3, 0.4) is 0 Å². The maximum atomic E-state index is 2.36. The Morgan fingerprint density at radius 2 is 1.86 bits per heavy atom. The van der Waals surface area contributed by atoms with E-state index in [2.05, 4.69) is 26.8 Å². The normalized spacial score (nSPS) is 24.1. The summed E-state index contributed by atoms with van der Waals surface area (Å²) < 4.78 is 0. The number of rotatable bonds is 4. The lowest BCUT2D eigenvalue weighted by Crippen LogP contribution is -2.24. The maximum Gasteiger partial charge on any atom is -0.0260 e. The molecule has 82 valence electrons. The molecule has 0 N–H and O–H groups in total.